The molecular formula is C18H22F3N3O3. The monoisotopic (exact) mass is 385 g/mol. The maximum absolute atomic E-state index is 13.0. The Morgan fingerprint density at radius 2 is 2.19 bits per heavy atom. The van der Waals surface area contributed by atoms with Crippen molar-refractivity contribution < 1.29 is 27.2 Å². The summed E-state index contributed by atoms with van der Waals surface area (Å²) >= 11 is 0. The van der Waals surface area contributed by atoms with Gasteiger partial charge >= 0.3 is 6.18 Å². The largest absolute Gasteiger partial charge is 0.493 e. The third kappa shape index (κ3) is 4.52. The molecule has 2 heterocycles. The van der Waals surface area contributed by atoms with Gasteiger partial charge in [-0.2, -0.15) is 13.2 Å². The van der Waals surface area contributed by atoms with Crippen LogP contribution >= 0.6 is 0 Å². The van der Waals surface area contributed by atoms with E-state index in [1.807, 2.05) is 11.8 Å². The molecule has 6 nitrogen and oxygen atoms in total. The van der Waals surface area contributed by atoms with Crippen LogP contribution in [0.4, 0.5) is 13.2 Å². The molecule has 1 N–H and O–H groups in total. The van der Waals surface area contributed by atoms with Crippen molar-refractivity contribution in [3.63, 3.8) is 0 Å². The predicted octanol–water partition coefficient (Wildman–Crippen LogP) is 3.00. The van der Waals surface area contributed by atoms with E-state index in [1.54, 1.807) is 6.07 Å². The fourth-order valence-electron chi connectivity index (χ4n) is 3.22. The Kier molecular flexibility index (Phi) is 5.88. The SMILES string of the molecule is CCCc1c(OCCCN2CCNC(=O)C2)ccc2c(C(F)(F)F)noc12. The smallest absolute Gasteiger partial charge is 0.437 e. The fourth-order valence-corrected chi connectivity index (χ4v) is 3.22. The van der Waals surface area contributed by atoms with E-state index >= 15 is 0 Å². The highest BCUT2D eigenvalue weighted by Crippen LogP contribution is 2.38. The molecule has 1 aliphatic rings. The highest BCUT2D eigenvalue weighted by molar-refractivity contribution is 5.85. The Morgan fingerprint density at radius 1 is 1.37 bits per heavy atom. The average molecular weight is 385 g/mol. The first-order chi connectivity index (χ1) is 12.9. The molecule has 1 aromatic heterocycles. The van der Waals surface area contributed by atoms with Crippen LogP contribution < -0.4 is 10.1 Å². The summed E-state index contributed by atoms with van der Waals surface area (Å²) in [4.78, 5) is 13.4. The number of nitrogens with zero attached hydrogens (tertiary/aromatic N) is 2. The summed E-state index contributed by atoms with van der Waals surface area (Å²) in [7, 11) is 0. The van der Waals surface area contributed by atoms with Crippen molar-refractivity contribution in [1.82, 2.24) is 15.4 Å². The van der Waals surface area contributed by atoms with Crippen LogP contribution in [0.25, 0.3) is 11.0 Å². The number of ether oxygens (including phenoxy) is 1. The quantitative estimate of drug-likeness (QED) is 0.742. The van der Waals surface area contributed by atoms with E-state index < -0.39 is 11.9 Å². The number of fused-ring (bicyclic) bond motifs is 1. The Balaban J connectivity index is 1.68. The minimum atomic E-state index is -4.56. The van der Waals surface area contributed by atoms with Crippen LogP contribution in [0.2, 0.25) is 0 Å². The van der Waals surface area contributed by atoms with Crippen LogP contribution in [0.1, 0.15) is 31.0 Å². The van der Waals surface area contributed by atoms with Gasteiger partial charge in [-0.1, -0.05) is 18.5 Å². The molecule has 1 aromatic carbocycles. The van der Waals surface area contributed by atoms with E-state index in [9.17, 15) is 18.0 Å². The van der Waals surface area contributed by atoms with Crippen molar-refractivity contribution in [3.8, 4) is 5.75 Å². The highest BCUT2D eigenvalue weighted by Gasteiger charge is 2.37. The Bertz CT molecular complexity index is 804. The third-order valence-corrected chi connectivity index (χ3v) is 4.46. The van der Waals surface area contributed by atoms with E-state index in [0.717, 1.165) is 19.5 Å². The molecule has 9 heteroatoms. The molecular weight excluding hydrogens is 363 g/mol. The number of hydrogen-bond acceptors (Lipinski definition) is 5. The highest BCUT2D eigenvalue weighted by atomic mass is 19.4. The number of benzene rings is 1. The topological polar surface area (TPSA) is 67.6 Å². The number of alkyl halides is 3. The normalized spacial score (nSPS) is 15.9. The van der Waals surface area contributed by atoms with E-state index in [0.29, 0.717) is 43.9 Å². The zero-order valence-electron chi connectivity index (χ0n) is 15.1. The molecule has 3 rings (SSSR count). The number of aromatic nitrogens is 1. The molecule has 0 spiro atoms. The van der Waals surface area contributed by atoms with Gasteiger partial charge in [0.2, 0.25) is 5.91 Å². The first kappa shape index (κ1) is 19.5. The number of halogens is 3. The molecule has 148 valence electrons. The second-order valence-electron chi connectivity index (χ2n) is 6.53. The number of aryl methyl sites for hydroxylation is 1. The number of hydrogen-bond donors (Lipinski definition) is 1. The van der Waals surface area contributed by atoms with Gasteiger partial charge in [0.15, 0.2) is 11.3 Å². The Hall–Kier alpha value is -2.29. The summed E-state index contributed by atoms with van der Waals surface area (Å²) in [5.41, 5.74) is -0.269. The maximum atomic E-state index is 13.0. The van der Waals surface area contributed by atoms with Crippen LogP contribution in [-0.4, -0.2) is 48.7 Å². The third-order valence-electron chi connectivity index (χ3n) is 4.46. The molecule has 0 bridgehead atoms. The number of piperazine rings is 1. The van der Waals surface area contributed by atoms with Crippen molar-refractivity contribution in [3.05, 3.63) is 23.4 Å². The zero-order chi connectivity index (χ0) is 19.4. The minimum Gasteiger partial charge on any atom is -0.493 e. The molecule has 1 fully saturated rings. The lowest BCUT2D eigenvalue weighted by Gasteiger charge is -2.26. The molecule has 0 radical (unpaired) electrons. The van der Waals surface area contributed by atoms with Crippen LogP contribution in [0.15, 0.2) is 16.7 Å². The lowest BCUT2D eigenvalue weighted by Crippen LogP contribution is -2.47. The molecule has 1 saturated heterocycles. The van der Waals surface area contributed by atoms with Gasteiger partial charge in [0.1, 0.15) is 5.75 Å². The number of carbonyl (C=O) groups is 1. The summed E-state index contributed by atoms with van der Waals surface area (Å²) in [6.07, 6.45) is -2.58. The second kappa shape index (κ2) is 8.16. The van der Waals surface area contributed by atoms with Gasteiger partial charge in [-0.25, -0.2) is 0 Å². The first-order valence-corrected chi connectivity index (χ1v) is 9.00. The maximum Gasteiger partial charge on any atom is 0.437 e. The van der Waals surface area contributed by atoms with Gasteiger partial charge < -0.3 is 14.6 Å². The molecule has 0 saturated carbocycles. The van der Waals surface area contributed by atoms with Crippen molar-refractivity contribution in [2.24, 2.45) is 0 Å². The van der Waals surface area contributed by atoms with Crippen molar-refractivity contribution in [1.29, 1.82) is 0 Å². The van der Waals surface area contributed by atoms with Crippen molar-refractivity contribution in [2.75, 3.05) is 32.8 Å². The summed E-state index contributed by atoms with van der Waals surface area (Å²) in [6, 6.07) is 2.90. The van der Waals surface area contributed by atoms with E-state index in [-0.39, 0.29) is 16.9 Å². The predicted molar refractivity (Wildman–Crippen MR) is 92.6 cm³/mol. The Labute approximate surface area is 154 Å². The second-order valence-corrected chi connectivity index (χ2v) is 6.53. The molecule has 0 unspecified atom stereocenters. The first-order valence-electron chi connectivity index (χ1n) is 9.00. The summed E-state index contributed by atoms with van der Waals surface area (Å²) in [5, 5.41) is 5.94. The van der Waals surface area contributed by atoms with Gasteiger partial charge in [-0.15, -0.1) is 0 Å². The number of carbonyl (C=O) groups excluding carboxylic acids is 1. The van der Waals surface area contributed by atoms with Gasteiger partial charge in [0.25, 0.3) is 0 Å². The number of amides is 1. The molecule has 0 atom stereocenters. The van der Waals surface area contributed by atoms with Crippen LogP contribution in [0.3, 0.4) is 0 Å². The Morgan fingerprint density at radius 3 is 2.89 bits per heavy atom. The lowest BCUT2D eigenvalue weighted by atomic mass is 10.0. The van der Waals surface area contributed by atoms with Crippen LogP contribution in [0, 0.1) is 0 Å². The number of nitrogens with one attached hydrogen (secondary N) is 1. The fraction of sp³-hybridized carbons (Fsp3) is 0.556. The molecule has 1 aliphatic heterocycles. The minimum absolute atomic E-state index is 0.0173. The summed E-state index contributed by atoms with van der Waals surface area (Å²) in [5.74, 6) is 0.536. The molecule has 1 amide bonds. The summed E-state index contributed by atoms with van der Waals surface area (Å²) < 4.78 is 49.9. The van der Waals surface area contributed by atoms with Crippen molar-refractivity contribution in [2.45, 2.75) is 32.4 Å². The lowest BCUT2D eigenvalue weighted by molar-refractivity contribution is -0.141. The average Bonchev–Trinajstić information content (AvgIpc) is 3.05. The van der Waals surface area contributed by atoms with Crippen LogP contribution in [0.5, 0.6) is 5.75 Å². The zero-order valence-corrected chi connectivity index (χ0v) is 15.1. The molecule has 0 aliphatic carbocycles. The van der Waals surface area contributed by atoms with Crippen LogP contribution in [-0.2, 0) is 17.4 Å². The van der Waals surface area contributed by atoms with E-state index in [4.69, 9.17) is 9.26 Å². The molecule has 27 heavy (non-hydrogen) atoms. The van der Waals surface area contributed by atoms with E-state index in [1.165, 1.54) is 6.07 Å². The van der Waals surface area contributed by atoms with Gasteiger partial charge in [-0.3, -0.25) is 9.69 Å². The number of rotatable bonds is 7. The van der Waals surface area contributed by atoms with Gasteiger partial charge in [-0.05, 0) is 25.0 Å². The van der Waals surface area contributed by atoms with E-state index in [2.05, 4.69) is 10.5 Å². The summed E-state index contributed by atoms with van der Waals surface area (Å²) in [6.45, 7) is 4.89. The van der Waals surface area contributed by atoms with Crippen molar-refractivity contribution >= 4 is 16.9 Å². The van der Waals surface area contributed by atoms with Gasteiger partial charge in [0.05, 0.1) is 18.5 Å². The standard InChI is InChI=1S/C18H22F3N3O3/c1-2-4-12-14(26-10-3-8-24-9-7-22-15(25)11-24)6-5-13-16(12)27-23-17(13)18(19,20)21/h5-6H,2-4,7-11H2,1H3,(H,22,25). The van der Waals surface area contributed by atoms with Gasteiger partial charge in [0, 0.05) is 25.2 Å². The molecule has 2 aromatic rings.